The molecule has 0 aromatic rings. The lowest BCUT2D eigenvalue weighted by Crippen LogP contribution is -2.52. The number of hydrogen-bond acceptors (Lipinski definition) is 4. The number of nitrogens with one attached hydrogen (secondary N) is 1. The van der Waals surface area contributed by atoms with Crippen LogP contribution in [0.25, 0.3) is 0 Å². The van der Waals surface area contributed by atoms with Crippen LogP contribution in [0.4, 0.5) is 4.79 Å². The minimum Gasteiger partial charge on any atom is -0.450 e. The van der Waals surface area contributed by atoms with Gasteiger partial charge in [-0.1, -0.05) is 6.42 Å². The number of piperazine rings is 1. The molecular weight excluding hydrogens is 254 g/mol. The van der Waals surface area contributed by atoms with Crippen molar-refractivity contribution < 1.29 is 9.53 Å². The number of carbonyl (C=O) groups is 1. The molecule has 2 saturated heterocycles. The summed E-state index contributed by atoms with van der Waals surface area (Å²) >= 11 is 0. The van der Waals surface area contributed by atoms with Gasteiger partial charge >= 0.3 is 6.09 Å². The van der Waals surface area contributed by atoms with E-state index in [0.29, 0.717) is 18.7 Å². The molecule has 0 aliphatic carbocycles. The summed E-state index contributed by atoms with van der Waals surface area (Å²) in [6.45, 7) is 9.32. The van der Waals surface area contributed by atoms with Crippen molar-refractivity contribution in [3.8, 4) is 0 Å². The van der Waals surface area contributed by atoms with Crippen molar-refractivity contribution in [2.24, 2.45) is 0 Å². The fourth-order valence-electron chi connectivity index (χ4n) is 3.25. The molecule has 0 spiro atoms. The van der Waals surface area contributed by atoms with Crippen molar-refractivity contribution in [1.82, 2.24) is 15.1 Å². The number of amides is 1. The van der Waals surface area contributed by atoms with E-state index in [1.807, 2.05) is 11.8 Å². The van der Waals surface area contributed by atoms with Crippen LogP contribution in [0, 0.1) is 0 Å². The maximum atomic E-state index is 11.7. The Kier molecular flexibility index (Phi) is 6.10. The molecule has 0 saturated carbocycles. The first-order valence-corrected chi connectivity index (χ1v) is 8.10. The molecule has 1 N–H and O–H groups in total. The van der Waals surface area contributed by atoms with Crippen LogP contribution in [0.2, 0.25) is 0 Å². The Balaban J connectivity index is 1.71. The van der Waals surface area contributed by atoms with Gasteiger partial charge in [-0.3, -0.25) is 4.90 Å². The van der Waals surface area contributed by atoms with Crippen LogP contribution in [-0.4, -0.2) is 67.3 Å². The van der Waals surface area contributed by atoms with Crippen molar-refractivity contribution in [2.75, 3.05) is 39.3 Å². The van der Waals surface area contributed by atoms with Gasteiger partial charge in [0.2, 0.25) is 0 Å². The molecule has 2 aliphatic rings. The second kappa shape index (κ2) is 7.84. The van der Waals surface area contributed by atoms with Gasteiger partial charge in [-0.25, -0.2) is 4.79 Å². The second-order valence-corrected chi connectivity index (χ2v) is 5.95. The molecule has 5 heteroatoms. The van der Waals surface area contributed by atoms with Crippen molar-refractivity contribution in [3.63, 3.8) is 0 Å². The summed E-state index contributed by atoms with van der Waals surface area (Å²) in [5.41, 5.74) is 0. The zero-order valence-electron chi connectivity index (χ0n) is 12.9. The molecule has 0 radical (unpaired) electrons. The Hall–Kier alpha value is -0.810. The summed E-state index contributed by atoms with van der Waals surface area (Å²) in [7, 11) is 0. The van der Waals surface area contributed by atoms with Crippen LogP contribution in [0.1, 0.15) is 39.5 Å². The molecule has 5 nitrogen and oxygen atoms in total. The third-order valence-electron chi connectivity index (χ3n) is 4.50. The van der Waals surface area contributed by atoms with E-state index in [-0.39, 0.29) is 6.09 Å². The highest BCUT2D eigenvalue weighted by Crippen LogP contribution is 2.16. The van der Waals surface area contributed by atoms with E-state index >= 15 is 0 Å². The standard InChI is InChI=1S/C15H29N3O2/c1-3-20-15(19)18-10-8-17(9-11-18)13(2)12-14-6-4-5-7-16-14/h13-14,16H,3-12H2,1-2H3. The molecule has 0 aromatic carbocycles. The van der Waals surface area contributed by atoms with E-state index < -0.39 is 0 Å². The lowest BCUT2D eigenvalue weighted by Gasteiger charge is -2.39. The fourth-order valence-corrected chi connectivity index (χ4v) is 3.25. The number of carbonyl (C=O) groups excluding carboxylic acids is 1. The van der Waals surface area contributed by atoms with Gasteiger partial charge in [-0.05, 0) is 39.7 Å². The third kappa shape index (κ3) is 4.35. The Morgan fingerprint density at radius 3 is 2.65 bits per heavy atom. The number of hydrogen-bond donors (Lipinski definition) is 1. The summed E-state index contributed by atoms with van der Waals surface area (Å²) in [5, 5.41) is 3.62. The van der Waals surface area contributed by atoms with E-state index in [4.69, 9.17) is 4.74 Å². The Bertz CT molecular complexity index is 297. The van der Waals surface area contributed by atoms with Crippen LogP contribution in [-0.2, 0) is 4.74 Å². The third-order valence-corrected chi connectivity index (χ3v) is 4.50. The molecule has 116 valence electrons. The first-order chi connectivity index (χ1) is 9.70. The fraction of sp³-hybridized carbons (Fsp3) is 0.933. The van der Waals surface area contributed by atoms with Gasteiger partial charge < -0.3 is 15.0 Å². The molecule has 2 unspecified atom stereocenters. The molecule has 0 bridgehead atoms. The summed E-state index contributed by atoms with van der Waals surface area (Å²) in [6, 6.07) is 1.27. The summed E-state index contributed by atoms with van der Waals surface area (Å²) in [4.78, 5) is 16.0. The molecule has 2 rings (SSSR count). The van der Waals surface area contributed by atoms with Crippen molar-refractivity contribution >= 4 is 6.09 Å². The summed E-state index contributed by atoms with van der Waals surface area (Å²) in [6.07, 6.45) is 5.06. The Labute approximate surface area is 122 Å². The van der Waals surface area contributed by atoms with E-state index in [1.54, 1.807) is 0 Å². The SMILES string of the molecule is CCOC(=O)N1CCN(C(C)CC2CCCCN2)CC1. The number of piperidine rings is 1. The van der Waals surface area contributed by atoms with Gasteiger partial charge in [0.25, 0.3) is 0 Å². The normalized spacial score (nSPS) is 26.3. The molecule has 2 heterocycles. The molecule has 20 heavy (non-hydrogen) atoms. The minimum absolute atomic E-state index is 0.159. The molecular formula is C15H29N3O2. The zero-order valence-corrected chi connectivity index (χ0v) is 12.9. The first-order valence-electron chi connectivity index (χ1n) is 8.10. The van der Waals surface area contributed by atoms with Crippen LogP contribution in [0.3, 0.4) is 0 Å². The van der Waals surface area contributed by atoms with Crippen LogP contribution < -0.4 is 5.32 Å². The molecule has 2 atom stereocenters. The van der Waals surface area contributed by atoms with Crippen molar-refractivity contribution in [1.29, 1.82) is 0 Å². The largest absolute Gasteiger partial charge is 0.450 e. The lowest BCUT2D eigenvalue weighted by molar-refractivity contribution is 0.0648. The topological polar surface area (TPSA) is 44.8 Å². The first kappa shape index (κ1) is 15.6. The number of rotatable bonds is 4. The van der Waals surface area contributed by atoms with Crippen LogP contribution in [0.15, 0.2) is 0 Å². The Morgan fingerprint density at radius 1 is 1.30 bits per heavy atom. The highest BCUT2D eigenvalue weighted by atomic mass is 16.6. The molecule has 2 fully saturated rings. The average Bonchev–Trinajstić information content (AvgIpc) is 2.48. The second-order valence-electron chi connectivity index (χ2n) is 5.95. The van der Waals surface area contributed by atoms with Crippen molar-refractivity contribution in [3.05, 3.63) is 0 Å². The predicted octanol–water partition coefficient (Wildman–Crippen LogP) is 1.68. The maximum Gasteiger partial charge on any atom is 0.409 e. The van der Waals surface area contributed by atoms with Crippen molar-refractivity contribution in [2.45, 2.75) is 51.6 Å². The zero-order chi connectivity index (χ0) is 14.4. The maximum absolute atomic E-state index is 11.7. The van der Waals surface area contributed by atoms with Gasteiger partial charge in [-0.2, -0.15) is 0 Å². The highest BCUT2D eigenvalue weighted by Gasteiger charge is 2.26. The van der Waals surface area contributed by atoms with E-state index in [2.05, 4.69) is 17.1 Å². The molecule has 1 amide bonds. The van der Waals surface area contributed by atoms with E-state index in [9.17, 15) is 4.79 Å². The van der Waals surface area contributed by atoms with Crippen LogP contribution in [0.5, 0.6) is 0 Å². The molecule has 2 aliphatic heterocycles. The average molecular weight is 283 g/mol. The van der Waals surface area contributed by atoms with Crippen LogP contribution >= 0.6 is 0 Å². The number of nitrogens with zero attached hydrogens (tertiary/aromatic N) is 2. The summed E-state index contributed by atoms with van der Waals surface area (Å²) < 4.78 is 5.06. The van der Waals surface area contributed by atoms with Gasteiger partial charge in [0, 0.05) is 38.3 Å². The molecule has 0 aromatic heterocycles. The smallest absolute Gasteiger partial charge is 0.409 e. The van der Waals surface area contributed by atoms with Gasteiger partial charge in [0.15, 0.2) is 0 Å². The lowest BCUT2D eigenvalue weighted by atomic mass is 9.98. The van der Waals surface area contributed by atoms with E-state index in [0.717, 1.165) is 26.2 Å². The summed E-state index contributed by atoms with van der Waals surface area (Å²) in [5.74, 6) is 0. The van der Waals surface area contributed by atoms with Gasteiger partial charge in [-0.15, -0.1) is 0 Å². The predicted molar refractivity (Wildman–Crippen MR) is 79.9 cm³/mol. The minimum atomic E-state index is -0.159. The number of ether oxygens (including phenoxy) is 1. The van der Waals surface area contributed by atoms with Gasteiger partial charge in [0.05, 0.1) is 6.61 Å². The van der Waals surface area contributed by atoms with Gasteiger partial charge in [0.1, 0.15) is 0 Å². The quantitative estimate of drug-likeness (QED) is 0.852. The Morgan fingerprint density at radius 2 is 2.05 bits per heavy atom. The monoisotopic (exact) mass is 283 g/mol. The van der Waals surface area contributed by atoms with E-state index in [1.165, 1.54) is 32.2 Å². The highest BCUT2D eigenvalue weighted by molar-refractivity contribution is 5.67.